The first-order chi connectivity index (χ1) is 17.5. The van der Waals surface area contributed by atoms with Gasteiger partial charge in [-0.1, -0.05) is 44.2 Å². The van der Waals surface area contributed by atoms with Crippen molar-refractivity contribution in [2.24, 2.45) is 17.8 Å². The first-order valence-electron chi connectivity index (χ1n) is 13.1. The number of hydrogen-bond acceptors (Lipinski definition) is 6. The lowest BCUT2D eigenvalue weighted by Crippen LogP contribution is -2.59. The summed E-state index contributed by atoms with van der Waals surface area (Å²) in [5, 5.41) is 10.4. The van der Waals surface area contributed by atoms with E-state index in [0.717, 1.165) is 16.8 Å². The Morgan fingerprint density at radius 2 is 1.84 bits per heavy atom. The van der Waals surface area contributed by atoms with Crippen LogP contribution in [0.4, 0.5) is 5.69 Å². The Hall–Kier alpha value is -2.97. The number of ether oxygens (including phenoxy) is 2. The van der Waals surface area contributed by atoms with E-state index in [1.54, 1.807) is 24.0 Å². The molecule has 5 rings (SSSR count). The molecule has 4 aliphatic heterocycles. The molecule has 8 heteroatoms. The number of fused-ring (bicyclic) bond motifs is 2. The summed E-state index contributed by atoms with van der Waals surface area (Å²) in [6.45, 7) is 9.85. The van der Waals surface area contributed by atoms with Crippen LogP contribution in [-0.4, -0.2) is 70.8 Å². The minimum atomic E-state index is -1.37. The summed E-state index contributed by atoms with van der Waals surface area (Å²) in [6.07, 6.45) is 7.70. The summed E-state index contributed by atoms with van der Waals surface area (Å²) in [5.41, 5.74) is 0.244. The summed E-state index contributed by atoms with van der Waals surface area (Å²) >= 11 is 0. The van der Waals surface area contributed by atoms with Crippen molar-refractivity contribution in [1.29, 1.82) is 0 Å². The molecule has 0 radical (unpaired) electrons. The maximum atomic E-state index is 14.5. The highest BCUT2D eigenvalue weighted by molar-refractivity contribution is 6.06. The van der Waals surface area contributed by atoms with Crippen LogP contribution in [0.25, 0.3) is 0 Å². The highest BCUT2D eigenvalue weighted by atomic mass is 16.6. The number of benzene rings is 1. The molecular formula is C29H36N2O6. The van der Waals surface area contributed by atoms with Crippen molar-refractivity contribution in [2.75, 3.05) is 24.7 Å². The molecule has 0 aliphatic carbocycles. The molecule has 2 saturated heterocycles. The topological polar surface area (TPSA) is 96.4 Å². The largest absolute Gasteiger partial charge is 0.461 e. The van der Waals surface area contributed by atoms with E-state index in [-0.39, 0.29) is 30.9 Å². The molecule has 0 saturated carbocycles. The first kappa shape index (κ1) is 25.7. The van der Waals surface area contributed by atoms with Gasteiger partial charge in [0, 0.05) is 12.2 Å². The molecule has 2 fully saturated rings. The zero-order chi connectivity index (χ0) is 26.7. The third-order valence-corrected chi connectivity index (χ3v) is 8.25. The molecule has 37 heavy (non-hydrogen) atoms. The Balaban J connectivity index is 1.69. The van der Waals surface area contributed by atoms with Crippen LogP contribution in [0.5, 0.6) is 0 Å². The first-order valence-corrected chi connectivity index (χ1v) is 13.1. The van der Waals surface area contributed by atoms with Crippen LogP contribution in [0.3, 0.4) is 0 Å². The third kappa shape index (κ3) is 3.84. The number of nitrogens with zero attached hydrogens (tertiary/aromatic N) is 2. The van der Waals surface area contributed by atoms with Gasteiger partial charge in [-0.05, 0) is 56.4 Å². The van der Waals surface area contributed by atoms with Gasteiger partial charge in [0.05, 0.1) is 24.2 Å². The van der Waals surface area contributed by atoms with E-state index in [9.17, 15) is 19.5 Å². The molecule has 1 aromatic carbocycles. The lowest BCUT2D eigenvalue weighted by atomic mass is 9.75. The van der Waals surface area contributed by atoms with Gasteiger partial charge in [0.1, 0.15) is 24.2 Å². The number of esters is 1. The van der Waals surface area contributed by atoms with Crippen molar-refractivity contribution in [2.45, 2.75) is 64.3 Å². The van der Waals surface area contributed by atoms with Crippen LogP contribution in [0, 0.1) is 31.6 Å². The second-order valence-corrected chi connectivity index (χ2v) is 11.4. The normalized spacial score (nSPS) is 33.7. The number of aliphatic hydroxyl groups is 1. The van der Waals surface area contributed by atoms with E-state index < -0.39 is 41.1 Å². The number of carbonyl (C=O) groups is 3. The SMILES string of the molecule is Cc1ccc(C)c(N2CC=C[C@]34O[C@@]5(C)C=CCOC(=O)[C@H]5[C@H]3C(=O)N([C@@H](CO)CC(C)C)C4C2=O)c1. The van der Waals surface area contributed by atoms with Crippen LogP contribution in [-0.2, 0) is 23.9 Å². The fourth-order valence-corrected chi connectivity index (χ4v) is 6.73. The van der Waals surface area contributed by atoms with Gasteiger partial charge in [-0.3, -0.25) is 14.4 Å². The van der Waals surface area contributed by atoms with Crippen molar-refractivity contribution in [3.05, 3.63) is 53.6 Å². The van der Waals surface area contributed by atoms with Gasteiger partial charge < -0.3 is 24.4 Å². The van der Waals surface area contributed by atoms with Gasteiger partial charge in [0.25, 0.3) is 5.91 Å². The summed E-state index contributed by atoms with van der Waals surface area (Å²) < 4.78 is 12.2. The van der Waals surface area contributed by atoms with E-state index in [2.05, 4.69) is 0 Å². The van der Waals surface area contributed by atoms with E-state index >= 15 is 0 Å². The van der Waals surface area contributed by atoms with Crippen LogP contribution < -0.4 is 4.90 Å². The Kier molecular flexibility index (Phi) is 6.31. The molecular weight excluding hydrogens is 472 g/mol. The Bertz CT molecular complexity index is 1190. The van der Waals surface area contributed by atoms with Gasteiger partial charge >= 0.3 is 5.97 Å². The number of likely N-dealkylation sites (tertiary alicyclic amines) is 1. The second-order valence-electron chi connectivity index (χ2n) is 11.4. The molecule has 1 N–H and O–H groups in total. The highest BCUT2D eigenvalue weighted by Gasteiger charge is 2.75. The van der Waals surface area contributed by atoms with Gasteiger partial charge in [-0.25, -0.2) is 0 Å². The number of hydrogen-bond donors (Lipinski definition) is 1. The number of aliphatic hydroxyl groups excluding tert-OH is 1. The van der Waals surface area contributed by atoms with Gasteiger partial charge in [0.15, 0.2) is 0 Å². The average Bonchev–Trinajstić information content (AvgIpc) is 3.10. The van der Waals surface area contributed by atoms with E-state index in [1.807, 2.05) is 58.0 Å². The third-order valence-electron chi connectivity index (χ3n) is 8.25. The molecule has 8 nitrogen and oxygen atoms in total. The predicted molar refractivity (Wildman–Crippen MR) is 138 cm³/mol. The summed E-state index contributed by atoms with van der Waals surface area (Å²) in [6, 6.07) is 4.31. The zero-order valence-corrected chi connectivity index (χ0v) is 22.1. The van der Waals surface area contributed by atoms with E-state index in [0.29, 0.717) is 13.0 Å². The van der Waals surface area contributed by atoms with Crippen molar-refractivity contribution >= 4 is 23.5 Å². The smallest absolute Gasteiger partial charge is 0.313 e. The second kappa shape index (κ2) is 9.10. The molecule has 1 unspecified atom stereocenters. The van der Waals surface area contributed by atoms with Crippen LogP contribution in [0.15, 0.2) is 42.5 Å². The minimum Gasteiger partial charge on any atom is -0.461 e. The molecule has 0 aromatic heterocycles. The fraction of sp³-hybridized carbons (Fsp3) is 0.552. The average molecular weight is 509 g/mol. The molecule has 4 aliphatic rings. The molecule has 2 amide bonds. The number of amides is 2. The lowest BCUT2D eigenvalue weighted by molar-refractivity contribution is -0.158. The Morgan fingerprint density at radius 1 is 1.08 bits per heavy atom. The molecule has 1 spiro atoms. The van der Waals surface area contributed by atoms with Crippen molar-refractivity contribution in [1.82, 2.24) is 4.90 Å². The van der Waals surface area contributed by atoms with Crippen molar-refractivity contribution in [3.63, 3.8) is 0 Å². The number of carbonyl (C=O) groups excluding carboxylic acids is 3. The summed E-state index contributed by atoms with van der Waals surface area (Å²) in [4.78, 5) is 45.3. The summed E-state index contributed by atoms with van der Waals surface area (Å²) in [5.74, 6) is -2.83. The summed E-state index contributed by atoms with van der Waals surface area (Å²) in [7, 11) is 0. The molecule has 1 aromatic rings. The fourth-order valence-electron chi connectivity index (χ4n) is 6.73. The zero-order valence-electron chi connectivity index (χ0n) is 22.1. The Morgan fingerprint density at radius 3 is 2.54 bits per heavy atom. The highest BCUT2D eigenvalue weighted by Crippen LogP contribution is 2.58. The molecule has 198 valence electrons. The Labute approximate surface area is 217 Å². The van der Waals surface area contributed by atoms with Crippen molar-refractivity contribution < 1.29 is 29.0 Å². The van der Waals surface area contributed by atoms with Crippen LogP contribution in [0.2, 0.25) is 0 Å². The monoisotopic (exact) mass is 508 g/mol. The molecule has 6 atom stereocenters. The van der Waals surface area contributed by atoms with E-state index in [1.165, 1.54) is 4.90 Å². The van der Waals surface area contributed by atoms with Gasteiger partial charge in [0.2, 0.25) is 5.91 Å². The number of anilines is 1. The molecule has 4 heterocycles. The standard InChI is InChI=1S/C29H36N2O6/c1-17(2)14-20(16-32)31-24-26(34)30(21-15-18(3)8-9-19(21)4)12-6-11-29(24)22(25(31)33)23-27(35)36-13-7-10-28(23,5)37-29/h6-11,15,17,20,22-24,32H,12-14,16H2,1-5H3/t20-,22+,23-,24?,28+,29+/m1/s1. The maximum absolute atomic E-state index is 14.5. The maximum Gasteiger partial charge on any atom is 0.313 e. The number of cyclic esters (lactones) is 1. The minimum absolute atomic E-state index is 0.108. The molecule has 0 bridgehead atoms. The number of aryl methyl sites for hydroxylation is 2. The van der Waals surface area contributed by atoms with Crippen molar-refractivity contribution in [3.8, 4) is 0 Å². The van der Waals surface area contributed by atoms with Gasteiger partial charge in [-0.2, -0.15) is 0 Å². The van der Waals surface area contributed by atoms with Crippen LogP contribution >= 0.6 is 0 Å². The van der Waals surface area contributed by atoms with Crippen LogP contribution in [0.1, 0.15) is 38.3 Å². The number of rotatable bonds is 5. The van der Waals surface area contributed by atoms with E-state index in [4.69, 9.17) is 9.47 Å². The lowest BCUT2D eigenvalue weighted by Gasteiger charge is -2.40. The van der Waals surface area contributed by atoms with Gasteiger partial charge in [-0.15, -0.1) is 0 Å². The quantitative estimate of drug-likeness (QED) is 0.485. The predicted octanol–water partition coefficient (Wildman–Crippen LogP) is 2.70.